The Labute approximate surface area is 117 Å². The standard InChI is InChI=1S/C15H17FN2O2/c1-19-13-7-11(8-14(9-13)20-2)15(18-17)10-4-3-5-12(16)6-10/h3-9,15,18H,17H2,1-2H3. The number of hydrazine groups is 1. The minimum Gasteiger partial charge on any atom is -0.497 e. The second kappa shape index (κ2) is 6.36. The number of hydrogen-bond donors (Lipinski definition) is 2. The molecule has 0 aliphatic heterocycles. The number of benzene rings is 2. The van der Waals surface area contributed by atoms with Gasteiger partial charge in [0.15, 0.2) is 0 Å². The highest BCUT2D eigenvalue weighted by atomic mass is 19.1. The number of rotatable bonds is 5. The molecule has 20 heavy (non-hydrogen) atoms. The van der Waals surface area contributed by atoms with Gasteiger partial charge in [0.25, 0.3) is 0 Å². The van der Waals surface area contributed by atoms with Crippen LogP contribution in [0.15, 0.2) is 42.5 Å². The normalized spacial score (nSPS) is 12.0. The fourth-order valence-corrected chi connectivity index (χ4v) is 2.07. The first kappa shape index (κ1) is 14.3. The summed E-state index contributed by atoms with van der Waals surface area (Å²) in [5.74, 6) is 6.61. The molecule has 0 fully saturated rings. The van der Waals surface area contributed by atoms with E-state index in [-0.39, 0.29) is 11.9 Å². The van der Waals surface area contributed by atoms with E-state index in [2.05, 4.69) is 5.43 Å². The molecular weight excluding hydrogens is 259 g/mol. The maximum atomic E-state index is 13.4. The summed E-state index contributed by atoms with van der Waals surface area (Å²) < 4.78 is 23.8. The van der Waals surface area contributed by atoms with Crippen molar-refractivity contribution in [1.29, 1.82) is 0 Å². The van der Waals surface area contributed by atoms with Crippen LogP contribution in [-0.2, 0) is 0 Å². The average molecular weight is 276 g/mol. The third-order valence-corrected chi connectivity index (χ3v) is 3.06. The van der Waals surface area contributed by atoms with Crippen LogP contribution in [0.2, 0.25) is 0 Å². The van der Waals surface area contributed by atoms with Crippen LogP contribution in [0.3, 0.4) is 0 Å². The van der Waals surface area contributed by atoms with Gasteiger partial charge in [-0.3, -0.25) is 5.84 Å². The number of ether oxygens (including phenoxy) is 2. The Morgan fingerprint density at radius 2 is 1.65 bits per heavy atom. The Morgan fingerprint density at radius 1 is 1.00 bits per heavy atom. The molecule has 4 nitrogen and oxygen atoms in total. The van der Waals surface area contributed by atoms with E-state index >= 15 is 0 Å². The molecule has 0 radical (unpaired) electrons. The van der Waals surface area contributed by atoms with Crippen LogP contribution in [0.5, 0.6) is 11.5 Å². The van der Waals surface area contributed by atoms with Crippen molar-refractivity contribution in [3.8, 4) is 11.5 Å². The molecular formula is C15H17FN2O2. The van der Waals surface area contributed by atoms with Gasteiger partial charge in [-0.1, -0.05) is 12.1 Å². The van der Waals surface area contributed by atoms with Crippen LogP contribution in [0.4, 0.5) is 4.39 Å². The van der Waals surface area contributed by atoms with Gasteiger partial charge in [-0.25, -0.2) is 9.82 Å². The lowest BCUT2D eigenvalue weighted by Gasteiger charge is -2.18. The van der Waals surface area contributed by atoms with Crippen LogP contribution in [0, 0.1) is 5.82 Å². The smallest absolute Gasteiger partial charge is 0.123 e. The van der Waals surface area contributed by atoms with Gasteiger partial charge in [0.1, 0.15) is 17.3 Å². The summed E-state index contributed by atoms with van der Waals surface area (Å²) in [6.07, 6.45) is 0. The fraction of sp³-hybridized carbons (Fsp3) is 0.200. The van der Waals surface area contributed by atoms with Crippen LogP contribution >= 0.6 is 0 Å². The lowest BCUT2D eigenvalue weighted by molar-refractivity contribution is 0.392. The Balaban J connectivity index is 2.45. The first-order chi connectivity index (χ1) is 9.67. The Bertz CT molecular complexity index is 568. The third-order valence-electron chi connectivity index (χ3n) is 3.06. The van der Waals surface area contributed by atoms with Crippen LogP contribution in [-0.4, -0.2) is 14.2 Å². The monoisotopic (exact) mass is 276 g/mol. The predicted molar refractivity (Wildman–Crippen MR) is 75.1 cm³/mol. The van der Waals surface area contributed by atoms with E-state index in [4.69, 9.17) is 15.3 Å². The maximum absolute atomic E-state index is 13.4. The molecule has 0 saturated carbocycles. The Hall–Kier alpha value is -2.11. The zero-order valence-corrected chi connectivity index (χ0v) is 11.4. The van der Waals surface area contributed by atoms with Crippen molar-refractivity contribution in [2.24, 2.45) is 5.84 Å². The van der Waals surface area contributed by atoms with E-state index in [1.807, 2.05) is 12.1 Å². The van der Waals surface area contributed by atoms with Crippen LogP contribution in [0.1, 0.15) is 17.2 Å². The van der Waals surface area contributed by atoms with Gasteiger partial charge in [-0.05, 0) is 35.4 Å². The summed E-state index contributed by atoms with van der Waals surface area (Å²) in [7, 11) is 3.15. The van der Waals surface area contributed by atoms with E-state index in [0.29, 0.717) is 11.5 Å². The summed E-state index contributed by atoms with van der Waals surface area (Å²) >= 11 is 0. The number of nitrogens with two attached hydrogens (primary N) is 1. The molecule has 106 valence electrons. The molecule has 1 unspecified atom stereocenters. The quantitative estimate of drug-likeness (QED) is 0.650. The molecule has 0 aliphatic rings. The summed E-state index contributed by atoms with van der Waals surface area (Å²) in [6.45, 7) is 0. The highest BCUT2D eigenvalue weighted by molar-refractivity contribution is 5.43. The molecule has 0 bridgehead atoms. The van der Waals surface area contributed by atoms with E-state index in [9.17, 15) is 4.39 Å². The maximum Gasteiger partial charge on any atom is 0.123 e. The third kappa shape index (κ3) is 3.07. The topological polar surface area (TPSA) is 56.5 Å². The molecule has 2 aromatic rings. The summed E-state index contributed by atoms with van der Waals surface area (Å²) in [4.78, 5) is 0. The largest absolute Gasteiger partial charge is 0.497 e. The van der Waals surface area contributed by atoms with Gasteiger partial charge in [0.05, 0.1) is 20.3 Å². The van der Waals surface area contributed by atoms with Crippen molar-refractivity contribution in [3.05, 3.63) is 59.4 Å². The SMILES string of the molecule is COc1cc(OC)cc(C(NN)c2cccc(F)c2)c1. The molecule has 2 rings (SSSR count). The molecule has 0 heterocycles. The molecule has 5 heteroatoms. The lowest BCUT2D eigenvalue weighted by Crippen LogP contribution is -2.29. The molecule has 2 aromatic carbocycles. The zero-order chi connectivity index (χ0) is 14.5. The van der Waals surface area contributed by atoms with Crippen molar-refractivity contribution in [2.45, 2.75) is 6.04 Å². The molecule has 0 aromatic heterocycles. The van der Waals surface area contributed by atoms with Crippen LogP contribution in [0.25, 0.3) is 0 Å². The van der Waals surface area contributed by atoms with Gasteiger partial charge < -0.3 is 9.47 Å². The lowest BCUT2D eigenvalue weighted by atomic mass is 9.98. The summed E-state index contributed by atoms with van der Waals surface area (Å²) in [6, 6.07) is 11.4. The predicted octanol–water partition coefficient (Wildman–Crippen LogP) is 2.40. The van der Waals surface area contributed by atoms with Crippen molar-refractivity contribution in [3.63, 3.8) is 0 Å². The van der Waals surface area contributed by atoms with Gasteiger partial charge in [-0.2, -0.15) is 0 Å². The molecule has 0 saturated heterocycles. The fourth-order valence-electron chi connectivity index (χ4n) is 2.07. The summed E-state index contributed by atoms with van der Waals surface area (Å²) in [5, 5.41) is 0. The minimum absolute atomic E-state index is 0.308. The molecule has 3 N–H and O–H groups in total. The van der Waals surface area contributed by atoms with Crippen molar-refractivity contribution in [1.82, 2.24) is 5.43 Å². The van der Waals surface area contributed by atoms with Crippen LogP contribution < -0.4 is 20.7 Å². The van der Waals surface area contributed by atoms with Crippen molar-refractivity contribution in [2.75, 3.05) is 14.2 Å². The molecule has 0 amide bonds. The van der Waals surface area contributed by atoms with E-state index < -0.39 is 0 Å². The zero-order valence-electron chi connectivity index (χ0n) is 11.4. The second-order valence-electron chi connectivity index (χ2n) is 4.30. The molecule has 1 atom stereocenters. The molecule has 0 aliphatic carbocycles. The Morgan fingerprint density at radius 3 is 2.15 bits per heavy atom. The van der Waals surface area contributed by atoms with E-state index in [1.54, 1.807) is 32.4 Å². The van der Waals surface area contributed by atoms with Gasteiger partial charge in [0, 0.05) is 6.07 Å². The highest BCUT2D eigenvalue weighted by Gasteiger charge is 2.15. The van der Waals surface area contributed by atoms with E-state index in [1.165, 1.54) is 12.1 Å². The number of hydrogen-bond acceptors (Lipinski definition) is 4. The number of methoxy groups -OCH3 is 2. The first-order valence-corrected chi connectivity index (χ1v) is 6.12. The Kier molecular flexibility index (Phi) is 4.55. The van der Waals surface area contributed by atoms with E-state index in [0.717, 1.165) is 11.1 Å². The first-order valence-electron chi connectivity index (χ1n) is 6.12. The minimum atomic E-state index is -0.352. The number of nitrogens with one attached hydrogen (secondary N) is 1. The molecule has 0 spiro atoms. The number of halogens is 1. The van der Waals surface area contributed by atoms with Gasteiger partial charge in [0.2, 0.25) is 0 Å². The highest BCUT2D eigenvalue weighted by Crippen LogP contribution is 2.29. The summed E-state index contributed by atoms with van der Waals surface area (Å²) in [5.41, 5.74) is 4.24. The average Bonchev–Trinajstić information content (AvgIpc) is 2.47. The van der Waals surface area contributed by atoms with Gasteiger partial charge in [-0.15, -0.1) is 0 Å². The van der Waals surface area contributed by atoms with Crippen molar-refractivity contribution >= 4 is 0 Å². The second-order valence-corrected chi connectivity index (χ2v) is 4.30. The van der Waals surface area contributed by atoms with Crippen molar-refractivity contribution < 1.29 is 13.9 Å². The van der Waals surface area contributed by atoms with Gasteiger partial charge >= 0.3 is 0 Å².